The van der Waals surface area contributed by atoms with Gasteiger partial charge >= 0.3 is 0 Å². The number of benzene rings is 1. The lowest BCUT2D eigenvalue weighted by atomic mass is 9.91. The lowest BCUT2D eigenvalue weighted by Gasteiger charge is -2.24. The first kappa shape index (κ1) is 17.9. The van der Waals surface area contributed by atoms with Gasteiger partial charge in [0.2, 0.25) is 5.91 Å². The van der Waals surface area contributed by atoms with Crippen molar-refractivity contribution >= 4 is 5.91 Å². The molecule has 0 radical (unpaired) electrons. The zero-order valence-electron chi connectivity index (χ0n) is 14.0. The minimum absolute atomic E-state index is 0.0262. The molecule has 0 aromatic heterocycles. The Hall–Kier alpha value is -1.43. The van der Waals surface area contributed by atoms with Crippen LogP contribution < -0.4 is 5.32 Å². The van der Waals surface area contributed by atoms with E-state index in [2.05, 4.69) is 24.1 Å². The van der Waals surface area contributed by atoms with Crippen LogP contribution in [0.1, 0.15) is 19.4 Å². The Balaban J connectivity index is 1.97. The van der Waals surface area contributed by atoms with Gasteiger partial charge in [0.1, 0.15) is 0 Å². The van der Waals surface area contributed by atoms with Crippen LogP contribution in [0.3, 0.4) is 0 Å². The summed E-state index contributed by atoms with van der Waals surface area (Å²) in [6.45, 7) is 5.64. The largest absolute Gasteiger partial charge is 0.395 e. The van der Waals surface area contributed by atoms with Crippen LogP contribution in [0.15, 0.2) is 30.3 Å². The molecule has 0 unspecified atom stereocenters. The molecule has 0 bridgehead atoms. The smallest absolute Gasteiger partial charge is 0.224 e. The summed E-state index contributed by atoms with van der Waals surface area (Å²) in [5.74, 6) is 0.786. The summed E-state index contributed by atoms with van der Waals surface area (Å²) in [5, 5.41) is 21.9. The highest BCUT2D eigenvalue weighted by Crippen LogP contribution is 2.26. The van der Waals surface area contributed by atoms with Crippen LogP contribution in [0.5, 0.6) is 0 Å². The van der Waals surface area contributed by atoms with Crippen molar-refractivity contribution in [1.82, 2.24) is 10.2 Å². The molecule has 0 spiro atoms. The number of carbonyl (C=O) groups excluding carboxylic acids is 1. The number of nitrogens with one attached hydrogen (secondary N) is 1. The van der Waals surface area contributed by atoms with Gasteiger partial charge in [-0.1, -0.05) is 44.2 Å². The molecule has 5 heteroatoms. The Labute approximate surface area is 138 Å². The molecule has 1 aliphatic rings. The van der Waals surface area contributed by atoms with Gasteiger partial charge < -0.3 is 15.5 Å². The zero-order chi connectivity index (χ0) is 16.8. The van der Waals surface area contributed by atoms with Gasteiger partial charge in [-0.3, -0.25) is 9.69 Å². The molecule has 2 rings (SSSR count). The average molecular weight is 320 g/mol. The standard InChI is InChI=1S/C18H28N2O3/c1-13(2)16-9-20(15(11-21)12-22)10-17(16)19-18(23)8-14-6-4-3-5-7-14/h3-7,13,15-17,21-22H,8-12H2,1-2H3,(H,19,23)/t16-,17+/m1/s1. The molecule has 1 aromatic rings. The molecule has 2 atom stereocenters. The molecular formula is C18H28N2O3. The second-order valence-electron chi connectivity index (χ2n) is 6.72. The zero-order valence-corrected chi connectivity index (χ0v) is 14.0. The van der Waals surface area contributed by atoms with E-state index in [9.17, 15) is 15.0 Å². The Morgan fingerprint density at radius 2 is 1.87 bits per heavy atom. The highest BCUT2D eigenvalue weighted by atomic mass is 16.3. The second kappa shape index (κ2) is 8.43. The average Bonchev–Trinajstić information content (AvgIpc) is 2.93. The summed E-state index contributed by atoms with van der Waals surface area (Å²) in [7, 11) is 0. The summed E-state index contributed by atoms with van der Waals surface area (Å²) in [6, 6.07) is 9.53. The van der Waals surface area contributed by atoms with E-state index in [1.807, 2.05) is 30.3 Å². The van der Waals surface area contributed by atoms with Crippen LogP contribution in [0.4, 0.5) is 0 Å². The summed E-state index contributed by atoms with van der Waals surface area (Å²) in [4.78, 5) is 14.4. The molecule has 0 aliphatic carbocycles. The number of carbonyl (C=O) groups is 1. The van der Waals surface area contributed by atoms with Crippen molar-refractivity contribution < 1.29 is 15.0 Å². The molecular weight excluding hydrogens is 292 g/mol. The predicted octanol–water partition coefficient (Wildman–Crippen LogP) is 0.655. The number of nitrogens with zero attached hydrogens (tertiary/aromatic N) is 1. The topological polar surface area (TPSA) is 72.8 Å². The summed E-state index contributed by atoms with van der Waals surface area (Å²) < 4.78 is 0. The third-order valence-corrected chi connectivity index (χ3v) is 4.74. The lowest BCUT2D eigenvalue weighted by molar-refractivity contribution is -0.121. The maximum Gasteiger partial charge on any atom is 0.224 e. The first-order valence-electron chi connectivity index (χ1n) is 8.34. The Bertz CT molecular complexity index is 488. The quantitative estimate of drug-likeness (QED) is 0.690. The first-order valence-corrected chi connectivity index (χ1v) is 8.34. The molecule has 0 saturated carbocycles. The molecule has 1 saturated heterocycles. The molecule has 23 heavy (non-hydrogen) atoms. The van der Waals surface area contributed by atoms with Gasteiger partial charge in [-0.15, -0.1) is 0 Å². The number of amides is 1. The number of hydrogen-bond acceptors (Lipinski definition) is 4. The van der Waals surface area contributed by atoms with E-state index in [-0.39, 0.29) is 31.2 Å². The van der Waals surface area contributed by atoms with E-state index in [4.69, 9.17) is 0 Å². The van der Waals surface area contributed by atoms with E-state index in [1.54, 1.807) is 0 Å². The van der Waals surface area contributed by atoms with Crippen LogP contribution in [0.2, 0.25) is 0 Å². The van der Waals surface area contributed by atoms with E-state index in [0.717, 1.165) is 12.1 Å². The molecule has 1 amide bonds. The monoisotopic (exact) mass is 320 g/mol. The van der Waals surface area contributed by atoms with Gasteiger partial charge in [-0.2, -0.15) is 0 Å². The van der Waals surface area contributed by atoms with E-state index >= 15 is 0 Å². The molecule has 5 nitrogen and oxygen atoms in total. The molecule has 128 valence electrons. The van der Waals surface area contributed by atoms with Crippen LogP contribution in [0, 0.1) is 11.8 Å². The Morgan fingerprint density at radius 1 is 1.22 bits per heavy atom. The second-order valence-corrected chi connectivity index (χ2v) is 6.72. The summed E-state index contributed by atoms with van der Waals surface area (Å²) in [5.41, 5.74) is 1.00. The number of likely N-dealkylation sites (tertiary alicyclic amines) is 1. The third kappa shape index (κ3) is 4.77. The minimum Gasteiger partial charge on any atom is -0.395 e. The van der Waals surface area contributed by atoms with Gasteiger partial charge in [-0.25, -0.2) is 0 Å². The van der Waals surface area contributed by atoms with Crippen LogP contribution >= 0.6 is 0 Å². The number of aliphatic hydroxyl groups excluding tert-OH is 2. The SMILES string of the molecule is CC(C)[C@H]1CN(C(CO)CO)C[C@@H]1NC(=O)Cc1ccccc1. The first-order chi connectivity index (χ1) is 11.0. The number of hydrogen-bond donors (Lipinski definition) is 3. The normalized spacial score (nSPS) is 22.0. The van der Waals surface area contributed by atoms with Crippen molar-refractivity contribution in [3.63, 3.8) is 0 Å². The maximum atomic E-state index is 12.3. The van der Waals surface area contributed by atoms with E-state index < -0.39 is 0 Å². The predicted molar refractivity (Wildman–Crippen MR) is 89.9 cm³/mol. The third-order valence-electron chi connectivity index (χ3n) is 4.74. The Morgan fingerprint density at radius 3 is 2.43 bits per heavy atom. The van der Waals surface area contributed by atoms with Crippen LogP contribution in [-0.2, 0) is 11.2 Å². The van der Waals surface area contributed by atoms with Crippen molar-refractivity contribution in [2.45, 2.75) is 32.4 Å². The van der Waals surface area contributed by atoms with Crippen molar-refractivity contribution in [1.29, 1.82) is 0 Å². The van der Waals surface area contributed by atoms with E-state index in [1.165, 1.54) is 0 Å². The molecule has 1 fully saturated rings. The molecule has 1 aromatic carbocycles. The molecule has 1 aliphatic heterocycles. The fourth-order valence-corrected chi connectivity index (χ4v) is 3.31. The Kier molecular flexibility index (Phi) is 6.57. The highest BCUT2D eigenvalue weighted by molar-refractivity contribution is 5.78. The summed E-state index contributed by atoms with van der Waals surface area (Å²) in [6.07, 6.45) is 0.381. The lowest BCUT2D eigenvalue weighted by Crippen LogP contribution is -2.44. The molecule has 1 heterocycles. The number of rotatable bonds is 7. The van der Waals surface area contributed by atoms with Crippen molar-refractivity contribution in [2.24, 2.45) is 11.8 Å². The van der Waals surface area contributed by atoms with Crippen LogP contribution in [-0.4, -0.2) is 59.4 Å². The van der Waals surface area contributed by atoms with E-state index in [0.29, 0.717) is 24.8 Å². The van der Waals surface area contributed by atoms with Gasteiger partial charge in [0.05, 0.1) is 25.7 Å². The van der Waals surface area contributed by atoms with Gasteiger partial charge in [-0.05, 0) is 17.4 Å². The van der Waals surface area contributed by atoms with Gasteiger partial charge in [0.15, 0.2) is 0 Å². The van der Waals surface area contributed by atoms with Crippen molar-refractivity contribution in [3.05, 3.63) is 35.9 Å². The number of aliphatic hydroxyl groups is 2. The highest BCUT2D eigenvalue weighted by Gasteiger charge is 2.37. The van der Waals surface area contributed by atoms with Gasteiger partial charge in [0, 0.05) is 19.1 Å². The van der Waals surface area contributed by atoms with Crippen molar-refractivity contribution in [2.75, 3.05) is 26.3 Å². The fourth-order valence-electron chi connectivity index (χ4n) is 3.31. The van der Waals surface area contributed by atoms with Crippen molar-refractivity contribution in [3.8, 4) is 0 Å². The fraction of sp³-hybridized carbons (Fsp3) is 0.611. The van der Waals surface area contributed by atoms with Gasteiger partial charge in [0.25, 0.3) is 0 Å². The maximum absolute atomic E-state index is 12.3. The minimum atomic E-state index is -0.243. The van der Waals surface area contributed by atoms with Crippen LogP contribution in [0.25, 0.3) is 0 Å². The summed E-state index contributed by atoms with van der Waals surface area (Å²) >= 11 is 0. The molecule has 3 N–H and O–H groups in total.